The molecule has 74 valence electrons. The van der Waals surface area contributed by atoms with Crippen LogP contribution in [-0.4, -0.2) is 18.0 Å². The molecule has 2 bridgehead atoms. The van der Waals surface area contributed by atoms with Crippen molar-refractivity contribution in [2.45, 2.75) is 12.8 Å². The van der Waals surface area contributed by atoms with Crippen LogP contribution in [0.25, 0.3) is 5.57 Å². The van der Waals surface area contributed by atoms with Gasteiger partial charge in [-0.1, -0.05) is 0 Å². The Morgan fingerprint density at radius 3 is 2.64 bits per heavy atom. The molecule has 2 nitrogen and oxygen atoms in total. The van der Waals surface area contributed by atoms with E-state index in [1.54, 1.807) is 6.26 Å². The van der Waals surface area contributed by atoms with Crippen molar-refractivity contribution >= 4 is 21.5 Å². The van der Waals surface area contributed by atoms with Gasteiger partial charge in [0.1, 0.15) is 5.76 Å². The predicted molar refractivity (Wildman–Crippen MR) is 58.7 cm³/mol. The van der Waals surface area contributed by atoms with Crippen LogP contribution in [0.3, 0.4) is 0 Å². The number of nitrogens with zero attached hydrogens (tertiary/aromatic N) is 1. The van der Waals surface area contributed by atoms with E-state index in [0.717, 1.165) is 10.2 Å². The molecule has 3 aliphatic heterocycles. The number of rotatable bonds is 1. The van der Waals surface area contributed by atoms with Crippen molar-refractivity contribution in [3.63, 3.8) is 0 Å². The summed E-state index contributed by atoms with van der Waals surface area (Å²) in [5.41, 5.74) is 1.37. The molecule has 0 amide bonds. The molecule has 0 radical (unpaired) electrons. The third kappa shape index (κ3) is 1.22. The summed E-state index contributed by atoms with van der Waals surface area (Å²) in [6.45, 7) is 2.43. The first-order valence-corrected chi connectivity index (χ1v) is 5.83. The summed E-state index contributed by atoms with van der Waals surface area (Å²) in [7, 11) is 0. The lowest BCUT2D eigenvalue weighted by Crippen LogP contribution is -2.35. The molecular weight excluding hydrogens is 242 g/mol. The number of fused-ring (bicyclic) bond motifs is 2. The van der Waals surface area contributed by atoms with Crippen LogP contribution < -0.4 is 0 Å². The van der Waals surface area contributed by atoms with Crippen molar-refractivity contribution in [1.29, 1.82) is 0 Å². The Balaban J connectivity index is 2.03. The fourth-order valence-corrected chi connectivity index (χ4v) is 2.82. The monoisotopic (exact) mass is 253 g/mol. The van der Waals surface area contributed by atoms with Gasteiger partial charge in [-0.05, 0) is 40.8 Å². The Morgan fingerprint density at radius 2 is 2.14 bits per heavy atom. The topological polar surface area (TPSA) is 16.4 Å². The molecule has 1 aromatic rings. The molecule has 1 aromatic heterocycles. The molecule has 1 fully saturated rings. The van der Waals surface area contributed by atoms with E-state index >= 15 is 0 Å². The van der Waals surface area contributed by atoms with Crippen molar-refractivity contribution in [1.82, 2.24) is 4.90 Å². The molecule has 3 aliphatic rings. The Kier molecular flexibility index (Phi) is 1.94. The van der Waals surface area contributed by atoms with Crippen LogP contribution in [-0.2, 0) is 0 Å². The van der Waals surface area contributed by atoms with Crippen LogP contribution in [0.4, 0.5) is 0 Å². The SMILES string of the molecule is Brc1ccoc1C1=CN2CCC1CC2. The van der Waals surface area contributed by atoms with Gasteiger partial charge in [-0.3, -0.25) is 0 Å². The van der Waals surface area contributed by atoms with Gasteiger partial charge in [0.25, 0.3) is 0 Å². The van der Waals surface area contributed by atoms with Crippen molar-refractivity contribution in [2.75, 3.05) is 13.1 Å². The highest BCUT2D eigenvalue weighted by Gasteiger charge is 2.30. The molecule has 0 aliphatic carbocycles. The maximum atomic E-state index is 5.51. The van der Waals surface area contributed by atoms with Gasteiger partial charge in [-0.15, -0.1) is 0 Å². The maximum Gasteiger partial charge on any atom is 0.145 e. The average Bonchev–Trinajstić information content (AvgIpc) is 2.66. The van der Waals surface area contributed by atoms with Crippen molar-refractivity contribution in [3.05, 3.63) is 28.8 Å². The summed E-state index contributed by atoms with van der Waals surface area (Å²) < 4.78 is 6.60. The fourth-order valence-electron chi connectivity index (χ4n) is 2.39. The van der Waals surface area contributed by atoms with E-state index < -0.39 is 0 Å². The molecular formula is C11H12BrNO. The highest BCUT2D eigenvalue weighted by atomic mass is 79.9. The minimum atomic E-state index is 0.711. The molecule has 0 N–H and O–H groups in total. The van der Waals surface area contributed by atoms with Gasteiger partial charge in [0.15, 0.2) is 0 Å². The molecule has 3 heteroatoms. The van der Waals surface area contributed by atoms with Gasteiger partial charge >= 0.3 is 0 Å². The lowest BCUT2D eigenvalue weighted by Gasteiger charge is -2.38. The number of halogens is 1. The minimum absolute atomic E-state index is 0.711. The third-order valence-corrected chi connectivity index (χ3v) is 3.79. The highest BCUT2D eigenvalue weighted by molar-refractivity contribution is 9.10. The molecule has 0 atom stereocenters. The van der Waals surface area contributed by atoms with Gasteiger partial charge in [-0.2, -0.15) is 0 Å². The quantitative estimate of drug-likeness (QED) is 0.765. The average molecular weight is 254 g/mol. The molecule has 0 spiro atoms. The summed E-state index contributed by atoms with van der Waals surface area (Å²) in [4.78, 5) is 2.39. The van der Waals surface area contributed by atoms with Crippen LogP contribution in [0.2, 0.25) is 0 Å². The van der Waals surface area contributed by atoms with Crippen LogP contribution in [0, 0.1) is 5.92 Å². The van der Waals surface area contributed by atoms with E-state index in [1.807, 2.05) is 6.07 Å². The number of allylic oxidation sites excluding steroid dienone is 1. The van der Waals surface area contributed by atoms with E-state index in [1.165, 1.54) is 31.5 Å². The van der Waals surface area contributed by atoms with Gasteiger partial charge < -0.3 is 9.32 Å². The normalized spacial score (nSPS) is 21.5. The number of hydrogen-bond acceptors (Lipinski definition) is 2. The van der Waals surface area contributed by atoms with Crippen molar-refractivity contribution < 1.29 is 4.42 Å². The molecule has 0 saturated carbocycles. The zero-order valence-corrected chi connectivity index (χ0v) is 9.46. The zero-order valence-electron chi connectivity index (χ0n) is 7.87. The summed E-state index contributed by atoms with van der Waals surface area (Å²) in [6.07, 6.45) is 6.57. The van der Waals surface area contributed by atoms with Crippen LogP contribution >= 0.6 is 15.9 Å². The van der Waals surface area contributed by atoms with Crippen LogP contribution in [0.1, 0.15) is 18.6 Å². The third-order valence-electron chi connectivity index (χ3n) is 3.17. The Hall–Kier alpha value is -0.700. The summed E-state index contributed by atoms with van der Waals surface area (Å²) in [5.74, 6) is 1.74. The number of piperidine rings is 1. The molecule has 14 heavy (non-hydrogen) atoms. The molecule has 0 unspecified atom stereocenters. The Bertz CT molecular complexity index is 374. The van der Waals surface area contributed by atoms with Crippen LogP contribution in [0.15, 0.2) is 27.4 Å². The lowest BCUT2D eigenvalue weighted by molar-refractivity contribution is 0.249. The van der Waals surface area contributed by atoms with E-state index in [0.29, 0.717) is 5.92 Å². The Labute approximate surface area is 91.7 Å². The molecule has 4 heterocycles. The zero-order chi connectivity index (χ0) is 9.54. The Morgan fingerprint density at radius 1 is 1.36 bits per heavy atom. The van der Waals surface area contributed by atoms with Gasteiger partial charge in [-0.25, -0.2) is 0 Å². The first-order chi connectivity index (χ1) is 6.84. The summed E-state index contributed by atoms with van der Waals surface area (Å²) in [5, 5.41) is 0. The lowest BCUT2D eigenvalue weighted by atomic mass is 9.85. The van der Waals surface area contributed by atoms with E-state index in [-0.39, 0.29) is 0 Å². The maximum absolute atomic E-state index is 5.51. The highest BCUT2D eigenvalue weighted by Crippen LogP contribution is 2.40. The molecule has 1 saturated heterocycles. The van der Waals surface area contributed by atoms with E-state index in [2.05, 4.69) is 27.0 Å². The van der Waals surface area contributed by atoms with Crippen molar-refractivity contribution in [2.24, 2.45) is 5.92 Å². The smallest absolute Gasteiger partial charge is 0.145 e. The molecule has 0 aromatic carbocycles. The van der Waals surface area contributed by atoms with Gasteiger partial charge in [0, 0.05) is 24.9 Å². The van der Waals surface area contributed by atoms with Gasteiger partial charge in [0.05, 0.1) is 10.7 Å². The fraction of sp³-hybridized carbons (Fsp3) is 0.455. The van der Waals surface area contributed by atoms with Crippen LogP contribution in [0.5, 0.6) is 0 Å². The second-order valence-corrected chi connectivity index (χ2v) is 4.85. The van der Waals surface area contributed by atoms with E-state index in [4.69, 9.17) is 4.42 Å². The second kappa shape index (κ2) is 3.16. The number of furan rings is 1. The van der Waals surface area contributed by atoms with E-state index in [9.17, 15) is 0 Å². The predicted octanol–water partition coefficient (Wildman–Crippen LogP) is 3.11. The molecule has 4 rings (SSSR count). The summed E-state index contributed by atoms with van der Waals surface area (Å²) in [6, 6.07) is 1.97. The minimum Gasteiger partial charge on any atom is -0.463 e. The first kappa shape index (κ1) is 8.60. The standard InChI is InChI=1S/C11H12BrNO/c12-10-3-6-14-11(10)9-7-13-4-1-8(9)2-5-13/h3,6-8H,1-2,4-5H2. The largest absolute Gasteiger partial charge is 0.463 e. The second-order valence-electron chi connectivity index (χ2n) is 3.99. The number of hydrogen-bond donors (Lipinski definition) is 0. The summed E-state index contributed by atoms with van der Waals surface area (Å²) >= 11 is 3.52. The first-order valence-electron chi connectivity index (χ1n) is 5.04. The van der Waals surface area contributed by atoms with Gasteiger partial charge in [0.2, 0.25) is 0 Å². The van der Waals surface area contributed by atoms with Crippen molar-refractivity contribution in [3.8, 4) is 0 Å².